The fraction of sp³-hybridized carbons (Fsp3) is 0.353. The van der Waals surface area contributed by atoms with Gasteiger partial charge < -0.3 is 19.0 Å². The number of carbonyl (C=O) groups is 1. The Labute approximate surface area is 136 Å². The third kappa shape index (κ3) is 3.05. The van der Waals surface area contributed by atoms with E-state index in [-0.39, 0.29) is 22.9 Å². The molecule has 1 aliphatic heterocycles. The zero-order chi connectivity index (χ0) is 16.7. The molecule has 120 valence electrons. The minimum absolute atomic E-state index is 0.278. The zero-order valence-corrected chi connectivity index (χ0v) is 13.8. The van der Waals surface area contributed by atoms with Gasteiger partial charge in [0.2, 0.25) is 0 Å². The van der Waals surface area contributed by atoms with Gasteiger partial charge >= 0.3 is 7.12 Å². The highest BCUT2D eigenvalue weighted by Crippen LogP contribution is 2.36. The van der Waals surface area contributed by atoms with Gasteiger partial charge in [-0.3, -0.25) is 4.79 Å². The summed E-state index contributed by atoms with van der Waals surface area (Å²) in [6.45, 7) is 8.08. The van der Waals surface area contributed by atoms with Crippen LogP contribution in [0.3, 0.4) is 0 Å². The van der Waals surface area contributed by atoms with Gasteiger partial charge in [-0.1, -0.05) is 12.1 Å². The fourth-order valence-corrected chi connectivity index (χ4v) is 2.30. The molecule has 5 nitrogen and oxygen atoms in total. The molecule has 0 saturated carbocycles. The van der Waals surface area contributed by atoms with Crippen LogP contribution >= 0.6 is 0 Å². The van der Waals surface area contributed by atoms with Gasteiger partial charge in [0.05, 0.1) is 17.5 Å². The molecule has 1 saturated heterocycles. The van der Waals surface area contributed by atoms with E-state index in [4.69, 9.17) is 13.7 Å². The summed E-state index contributed by atoms with van der Waals surface area (Å²) in [5, 5.41) is 2.78. The van der Waals surface area contributed by atoms with E-state index in [9.17, 15) is 4.79 Å². The van der Waals surface area contributed by atoms with Crippen molar-refractivity contribution in [2.45, 2.75) is 38.9 Å². The quantitative estimate of drug-likeness (QED) is 0.885. The molecule has 1 N–H and O–H groups in total. The number of furan rings is 1. The van der Waals surface area contributed by atoms with Crippen molar-refractivity contribution in [3.05, 3.63) is 48.4 Å². The molecule has 1 aromatic carbocycles. The van der Waals surface area contributed by atoms with Crippen molar-refractivity contribution in [3.63, 3.8) is 0 Å². The second-order valence-electron chi connectivity index (χ2n) is 6.64. The minimum atomic E-state index is -0.408. The van der Waals surface area contributed by atoms with E-state index >= 15 is 0 Å². The predicted molar refractivity (Wildman–Crippen MR) is 88.8 cm³/mol. The number of hydrogen-bond donors (Lipinski definition) is 1. The number of carbonyl (C=O) groups excluding carboxylic acids is 1. The first-order valence-electron chi connectivity index (χ1n) is 7.59. The molecular formula is C17H20BNO4. The van der Waals surface area contributed by atoms with Gasteiger partial charge in [-0.15, -0.1) is 0 Å². The second-order valence-corrected chi connectivity index (χ2v) is 6.64. The third-order valence-corrected chi connectivity index (χ3v) is 4.44. The summed E-state index contributed by atoms with van der Waals surface area (Å²) in [7, 11) is -0.408. The van der Waals surface area contributed by atoms with Crippen LogP contribution in [0.4, 0.5) is 5.69 Å². The first kappa shape index (κ1) is 15.8. The van der Waals surface area contributed by atoms with E-state index in [0.717, 1.165) is 5.46 Å². The molecule has 0 atom stereocenters. The van der Waals surface area contributed by atoms with Crippen molar-refractivity contribution in [3.8, 4) is 0 Å². The third-order valence-electron chi connectivity index (χ3n) is 4.44. The maximum atomic E-state index is 11.9. The molecule has 0 radical (unpaired) electrons. The molecular weight excluding hydrogens is 293 g/mol. The van der Waals surface area contributed by atoms with Crippen LogP contribution in [0, 0.1) is 0 Å². The van der Waals surface area contributed by atoms with Crippen LogP contribution in [-0.4, -0.2) is 24.2 Å². The molecule has 0 unspecified atom stereocenters. The number of amides is 1. The Bertz CT molecular complexity index is 676. The van der Waals surface area contributed by atoms with E-state index in [1.807, 2.05) is 52.0 Å². The molecule has 1 fully saturated rings. The summed E-state index contributed by atoms with van der Waals surface area (Å²) >= 11 is 0. The molecule has 1 aromatic heterocycles. The number of nitrogens with one attached hydrogen (secondary N) is 1. The van der Waals surface area contributed by atoms with Crippen LogP contribution in [0.15, 0.2) is 47.1 Å². The molecule has 0 aliphatic carbocycles. The van der Waals surface area contributed by atoms with Gasteiger partial charge in [-0.05, 0) is 57.4 Å². The maximum absolute atomic E-state index is 11.9. The molecule has 1 amide bonds. The monoisotopic (exact) mass is 313 g/mol. The number of rotatable bonds is 3. The lowest BCUT2D eigenvalue weighted by atomic mass is 9.79. The first-order chi connectivity index (χ1) is 10.8. The molecule has 0 bridgehead atoms. The summed E-state index contributed by atoms with van der Waals surface area (Å²) < 4.78 is 17.1. The van der Waals surface area contributed by atoms with Crippen molar-refractivity contribution >= 4 is 24.2 Å². The Kier molecular flexibility index (Phi) is 3.82. The lowest BCUT2D eigenvalue weighted by Gasteiger charge is -2.32. The Hall–Kier alpha value is -2.05. The Morgan fingerprint density at radius 3 is 2.13 bits per heavy atom. The normalized spacial score (nSPS) is 18.9. The largest absolute Gasteiger partial charge is 0.494 e. The zero-order valence-electron chi connectivity index (χ0n) is 13.8. The van der Waals surface area contributed by atoms with Gasteiger partial charge in [0.1, 0.15) is 0 Å². The van der Waals surface area contributed by atoms with Gasteiger partial charge in [0.25, 0.3) is 5.91 Å². The molecule has 1 aliphatic rings. The van der Waals surface area contributed by atoms with E-state index in [0.29, 0.717) is 5.69 Å². The van der Waals surface area contributed by atoms with Gasteiger partial charge in [-0.25, -0.2) is 0 Å². The molecule has 0 spiro atoms. The average molecular weight is 313 g/mol. The first-order valence-corrected chi connectivity index (χ1v) is 7.59. The van der Waals surface area contributed by atoms with Crippen molar-refractivity contribution in [1.82, 2.24) is 0 Å². The van der Waals surface area contributed by atoms with Crippen LogP contribution in [0.25, 0.3) is 0 Å². The minimum Gasteiger partial charge on any atom is -0.459 e. The van der Waals surface area contributed by atoms with Crippen LogP contribution in [0.2, 0.25) is 0 Å². The number of hydrogen-bond acceptors (Lipinski definition) is 4. The van der Waals surface area contributed by atoms with E-state index < -0.39 is 7.12 Å². The molecule has 6 heteroatoms. The standard InChI is InChI=1S/C17H20BNO4/c1-16(2)17(3,4)23-18(22-16)12-7-9-13(10-8-12)19-15(20)14-6-5-11-21-14/h5-11H,1-4H3,(H,19,20). The topological polar surface area (TPSA) is 60.7 Å². The SMILES string of the molecule is CC1(C)OB(c2ccc(NC(=O)c3ccco3)cc2)OC1(C)C. The Balaban J connectivity index is 1.70. The van der Waals surface area contributed by atoms with Crippen LogP contribution < -0.4 is 10.8 Å². The lowest BCUT2D eigenvalue weighted by molar-refractivity contribution is 0.00578. The van der Waals surface area contributed by atoms with E-state index in [1.165, 1.54) is 6.26 Å². The summed E-state index contributed by atoms with van der Waals surface area (Å²) in [5.74, 6) is -0.00146. The summed E-state index contributed by atoms with van der Waals surface area (Å²) in [6, 6.07) is 10.7. The molecule has 2 aromatic rings. The number of benzene rings is 1. The second kappa shape index (κ2) is 5.55. The number of anilines is 1. The molecule has 2 heterocycles. The molecule has 23 heavy (non-hydrogen) atoms. The van der Waals surface area contributed by atoms with E-state index in [1.54, 1.807) is 12.1 Å². The average Bonchev–Trinajstić information content (AvgIpc) is 3.07. The highest BCUT2D eigenvalue weighted by Gasteiger charge is 2.51. The fourth-order valence-electron chi connectivity index (χ4n) is 2.30. The maximum Gasteiger partial charge on any atom is 0.494 e. The smallest absolute Gasteiger partial charge is 0.459 e. The van der Waals surface area contributed by atoms with Crippen molar-refractivity contribution < 1.29 is 18.5 Å². The predicted octanol–water partition coefficient (Wildman–Crippen LogP) is 2.83. The van der Waals surface area contributed by atoms with Crippen LogP contribution in [-0.2, 0) is 9.31 Å². The van der Waals surface area contributed by atoms with Gasteiger partial charge in [0, 0.05) is 5.69 Å². The van der Waals surface area contributed by atoms with Crippen molar-refractivity contribution in [2.24, 2.45) is 0 Å². The highest BCUT2D eigenvalue weighted by atomic mass is 16.7. The summed E-state index contributed by atoms with van der Waals surface area (Å²) in [4.78, 5) is 11.9. The highest BCUT2D eigenvalue weighted by molar-refractivity contribution is 6.62. The molecule has 3 rings (SSSR count). The summed E-state index contributed by atoms with van der Waals surface area (Å²) in [5.41, 5.74) is 0.861. The van der Waals surface area contributed by atoms with Crippen molar-refractivity contribution in [1.29, 1.82) is 0 Å². The van der Waals surface area contributed by atoms with Crippen LogP contribution in [0.5, 0.6) is 0 Å². The van der Waals surface area contributed by atoms with Gasteiger partial charge in [-0.2, -0.15) is 0 Å². The van der Waals surface area contributed by atoms with Crippen molar-refractivity contribution in [2.75, 3.05) is 5.32 Å². The van der Waals surface area contributed by atoms with E-state index in [2.05, 4.69) is 5.32 Å². The van der Waals surface area contributed by atoms with Crippen LogP contribution in [0.1, 0.15) is 38.2 Å². The Morgan fingerprint density at radius 1 is 1.00 bits per heavy atom. The van der Waals surface area contributed by atoms with Gasteiger partial charge in [0.15, 0.2) is 5.76 Å². The summed E-state index contributed by atoms with van der Waals surface area (Å²) in [6.07, 6.45) is 1.47. The Morgan fingerprint density at radius 2 is 1.61 bits per heavy atom. The lowest BCUT2D eigenvalue weighted by Crippen LogP contribution is -2.41.